The number of halogens is 4. The quantitative estimate of drug-likeness (QED) is 0.407. The second kappa shape index (κ2) is 10.0. The third kappa shape index (κ3) is 4.99. The Morgan fingerprint density at radius 3 is 2.60 bits per heavy atom. The van der Waals surface area contributed by atoms with Crippen LogP contribution in [0.3, 0.4) is 0 Å². The van der Waals surface area contributed by atoms with E-state index in [4.69, 9.17) is 23.8 Å². The van der Waals surface area contributed by atoms with E-state index in [1.165, 1.54) is 32.4 Å². The molecule has 2 aliphatic rings. The molecule has 2 heterocycles. The molecule has 2 aromatic carbocycles. The van der Waals surface area contributed by atoms with Gasteiger partial charge in [0.25, 0.3) is 5.91 Å². The molecule has 35 heavy (non-hydrogen) atoms. The summed E-state index contributed by atoms with van der Waals surface area (Å²) >= 11 is 3.50. The zero-order valence-corrected chi connectivity index (χ0v) is 20.0. The van der Waals surface area contributed by atoms with Gasteiger partial charge in [0.1, 0.15) is 11.8 Å². The van der Waals surface area contributed by atoms with Gasteiger partial charge in [-0.25, -0.2) is 5.43 Å². The van der Waals surface area contributed by atoms with Gasteiger partial charge in [0.05, 0.1) is 30.5 Å². The molecule has 2 aromatic rings. The molecule has 186 valence electrons. The second-order valence-electron chi connectivity index (χ2n) is 7.38. The highest BCUT2D eigenvalue weighted by atomic mass is 79.9. The molecule has 13 heteroatoms. The number of carbonyl (C=O) groups excluding carboxylic acids is 1. The van der Waals surface area contributed by atoms with Crippen molar-refractivity contribution in [2.75, 3.05) is 21.0 Å². The van der Waals surface area contributed by atoms with Crippen molar-refractivity contribution < 1.29 is 41.8 Å². The number of hydrazone groups is 1. The molecular weight excluding hydrogens is 539 g/mol. The molecule has 0 spiro atoms. The van der Waals surface area contributed by atoms with Crippen LogP contribution in [0.1, 0.15) is 23.1 Å². The van der Waals surface area contributed by atoms with Crippen LogP contribution in [0.5, 0.6) is 23.0 Å². The predicted molar refractivity (Wildman–Crippen MR) is 121 cm³/mol. The number of amides is 1. The molecule has 0 aliphatic carbocycles. The van der Waals surface area contributed by atoms with Crippen molar-refractivity contribution >= 4 is 33.8 Å². The molecule has 0 fully saturated rings. The SMILES string of the molecule is COc1c(Br)c(CC2CC(C(=O)NN=Cc3ccccc3C(F)(F)F)=NO2)c(OC)c2c1OCO2. The van der Waals surface area contributed by atoms with Crippen LogP contribution >= 0.6 is 15.9 Å². The van der Waals surface area contributed by atoms with Gasteiger partial charge in [-0.3, -0.25) is 4.79 Å². The lowest BCUT2D eigenvalue weighted by Gasteiger charge is -2.18. The molecule has 1 unspecified atom stereocenters. The number of alkyl halides is 3. The lowest BCUT2D eigenvalue weighted by atomic mass is 10.0. The number of carbonyl (C=O) groups is 1. The molecule has 4 rings (SSSR count). The number of ether oxygens (including phenoxy) is 4. The summed E-state index contributed by atoms with van der Waals surface area (Å²) in [5.74, 6) is 0.974. The van der Waals surface area contributed by atoms with Gasteiger partial charge < -0.3 is 23.8 Å². The molecule has 0 aromatic heterocycles. The van der Waals surface area contributed by atoms with Crippen molar-refractivity contribution in [2.45, 2.75) is 25.1 Å². The van der Waals surface area contributed by atoms with E-state index in [-0.39, 0.29) is 30.9 Å². The van der Waals surface area contributed by atoms with Crippen LogP contribution < -0.4 is 24.4 Å². The highest BCUT2D eigenvalue weighted by Crippen LogP contribution is 2.54. The molecule has 0 saturated heterocycles. The van der Waals surface area contributed by atoms with E-state index in [1.54, 1.807) is 0 Å². The van der Waals surface area contributed by atoms with Crippen LogP contribution in [-0.2, 0) is 22.2 Å². The smallest absolute Gasteiger partial charge is 0.417 e. The van der Waals surface area contributed by atoms with Gasteiger partial charge in [-0.1, -0.05) is 23.4 Å². The van der Waals surface area contributed by atoms with Crippen molar-refractivity contribution in [3.63, 3.8) is 0 Å². The molecular formula is C22H19BrF3N3O6. The van der Waals surface area contributed by atoms with Crippen LogP contribution in [0.2, 0.25) is 0 Å². The summed E-state index contributed by atoms with van der Waals surface area (Å²) in [7, 11) is 2.98. The summed E-state index contributed by atoms with van der Waals surface area (Å²) < 4.78 is 61.8. The van der Waals surface area contributed by atoms with Crippen LogP contribution in [0.4, 0.5) is 13.2 Å². The Morgan fingerprint density at radius 2 is 1.91 bits per heavy atom. The Hall–Kier alpha value is -3.48. The average molecular weight is 558 g/mol. The molecule has 2 aliphatic heterocycles. The van der Waals surface area contributed by atoms with Gasteiger partial charge in [0.15, 0.2) is 11.5 Å². The Bertz CT molecular complexity index is 1200. The molecule has 1 amide bonds. The maximum atomic E-state index is 13.1. The number of hydrogen-bond donors (Lipinski definition) is 1. The van der Waals surface area contributed by atoms with Gasteiger partial charge in [-0.15, -0.1) is 0 Å². The normalized spacial score (nSPS) is 16.7. The second-order valence-corrected chi connectivity index (χ2v) is 8.17. The van der Waals surface area contributed by atoms with Crippen molar-refractivity contribution in [1.29, 1.82) is 0 Å². The van der Waals surface area contributed by atoms with E-state index in [0.29, 0.717) is 33.0 Å². The fourth-order valence-corrected chi connectivity index (χ4v) is 4.35. The monoisotopic (exact) mass is 557 g/mol. The molecule has 9 nitrogen and oxygen atoms in total. The Kier molecular flexibility index (Phi) is 7.05. The van der Waals surface area contributed by atoms with E-state index >= 15 is 0 Å². The predicted octanol–water partition coefficient (Wildman–Crippen LogP) is 4.05. The summed E-state index contributed by atoms with van der Waals surface area (Å²) in [6, 6.07) is 4.89. The zero-order valence-electron chi connectivity index (χ0n) is 18.4. The number of benzene rings is 2. The number of fused-ring (bicyclic) bond motifs is 1. The summed E-state index contributed by atoms with van der Waals surface area (Å²) in [5, 5.41) is 7.44. The lowest BCUT2D eigenvalue weighted by Crippen LogP contribution is -2.27. The first-order chi connectivity index (χ1) is 16.7. The van der Waals surface area contributed by atoms with Crippen LogP contribution in [-0.4, -0.2) is 44.9 Å². The van der Waals surface area contributed by atoms with Gasteiger partial charge in [0.2, 0.25) is 18.3 Å². The van der Waals surface area contributed by atoms with Crippen LogP contribution in [0, 0.1) is 0 Å². The molecule has 1 atom stereocenters. The Labute approximate surface area is 205 Å². The molecule has 0 bridgehead atoms. The minimum absolute atomic E-state index is 0.0132. The third-order valence-corrected chi connectivity index (χ3v) is 6.07. The van der Waals surface area contributed by atoms with E-state index < -0.39 is 23.8 Å². The largest absolute Gasteiger partial charge is 0.492 e. The fraction of sp³-hybridized carbons (Fsp3) is 0.318. The highest BCUT2D eigenvalue weighted by Gasteiger charge is 2.35. The van der Waals surface area contributed by atoms with Crippen molar-refractivity contribution in [1.82, 2.24) is 5.43 Å². The number of methoxy groups -OCH3 is 2. The van der Waals surface area contributed by atoms with Gasteiger partial charge >= 0.3 is 6.18 Å². The molecule has 1 N–H and O–H groups in total. The first-order valence-corrected chi connectivity index (χ1v) is 11.0. The van der Waals surface area contributed by atoms with Crippen molar-refractivity contribution in [3.05, 3.63) is 45.4 Å². The minimum atomic E-state index is -4.55. The molecule has 0 radical (unpaired) electrons. The summed E-state index contributed by atoms with van der Waals surface area (Å²) in [6.07, 6.45) is -3.74. The average Bonchev–Trinajstić information content (AvgIpc) is 3.49. The van der Waals surface area contributed by atoms with Gasteiger partial charge in [-0.2, -0.15) is 18.3 Å². The topological polar surface area (TPSA) is 100.0 Å². The van der Waals surface area contributed by atoms with E-state index in [0.717, 1.165) is 12.3 Å². The first kappa shape index (κ1) is 24.6. The Morgan fingerprint density at radius 1 is 1.23 bits per heavy atom. The van der Waals surface area contributed by atoms with E-state index in [9.17, 15) is 18.0 Å². The van der Waals surface area contributed by atoms with Gasteiger partial charge in [0, 0.05) is 24.0 Å². The number of nitrogens with one attached hydrogen (secondary N) is 1. The van der Waals surface area contributed by atoms with Crippen LogP contribution in [0.25, 0.3) is 0 Å². The highest BCUT2D eigenvalue weighted by molar-refractivity contribution is 9.10. The number of rotatable bonds is 7. The minimum Gasteiger partial charge on any atom is -0.492 e. The Balaban J connectivity index is 1.43. The lowest BCUT2D eigenvalue weighted by molar-refractivity contribution is -0.137. The first-order valence-electron chi connectivity index (χ1n) is 10.2. The number of oxime groups is 1. The zero-order chi connectivity index (χ0) is 25.2. The third-order valence-electron chi connectivity index (χ3n) is 5.23. The number of nitrogens with zero attached hydrogens (tertiary/aromatic N) is 2. The fourth-order valence-electron chi connectivity index (χ4n) is 3.66. The van der Waals surface area contributed by atoms with Gasteiger partial charge in [-0.05, 0) is 22.0 Å². The maximum Gasteiger partial charge on any atom is 0.417 e. The maximum absolute atomic E-state index is 13.1. The summed E-state index contributed by atoms with van der Waals surface area (Å²) in [5.41, 5.74) is 1.84. The number of hydrogen-bond acceptors (Lipinski definition) is 8. The van der Waals surface area contributed by atoms with E-state index in [2.05, 4.69) is 31.6 Å². The van der Waals surface area contributed by atoms with Crippen molar-refractivity contribution in [3.8, 4) is 23.0 Å². The van der Waals surface area contributed by atoms with E-state index in [1.807, 2.05) is 0 Å². The summed E-state index contributed by atoms with van der Waals surface area (Å²) in [4.78, 5) is 17.8. The van der Waals surface area contributed by atoms with Crippen molar-refractivity contribution in [2.24, 2.45) is 10.3 Å². The standard InChI is InChI=1S/C22H19BrF3N3O6/c1-31-17-13(16(23)18(32-2)20-19(17)33-10-34-20)7-12-8-15(29-35-12)21(30)28-27-9-11-5-3-4-6-14(11)22(24,25)26/h3-6,9,12H,7-8,10H2,1-2H3,(H,28,30). The van der Waals surface area contributed by atoms with Crippen LogP contribution in [0.15, 0.2) is 39.0 Å². The molecule has 0 saturated carbocycles. The summed E-state index contributed by atoms with van der Waals surface area (Å²) in [6.45, 7) is 0.0132.